The van der Waals surface area contributed by atoms with E-state index in [4.69, 9.17) is 15.6 Å². The van der Waals surface area contributed by atoms with Crippen molar-refractivity contribution in [1.29, 1.82) is 0 Å². The Morgan fingerprint density at radius 3 is 2.40 bits per heavy atom. The molecule has 5 N–H and O–H groups in total. The first-order valence-corrected chi connectivity index (χ1v) is 10.3. The summed E-state index contributed by atoms with van der Waals surface area (Å²) in [6.45, 7) is -0.226. The van der Waals surface area contributed by atoms with Crippen molar-refractivity contribution in [3.63, 3.8) is 0 Å². The molecule has 10 heteroatoms. The number of pyridine rings is 1. The van der Waals surface area contributed by atoms with E-state index in [1.165, 1.54) is 12.3 Å². The molecule has 30 heavy (non-hydrogen) atoms. The summed E-state index contributed by atoms with van der Waals surface area (Å²) >= 11 is 0. The molecule has 0 aliphatic heterocycles. The van der Waals surface area contributed by atoms with Crippen LogP contribution < -0.4 is 15.6 Å². The summed E-state index contributed by atoms with van der Waals surface area (Å²) in [5.41, 5.74) is 7.50. The first-order chi connectivity index (χ1) is 14.2. The lowest BCUT2D eigenvalue weighted by atomic mass is 9.97. The molecule has 0 aliphatic rings. The highest BCUT2D eigenvalue weighted by molar-refractivity contribution is 7.89. The third-order valence-corrected chi connectivity index (χ3v) is 5.35. The van der Waals surface area contributed by atoms with Gasteiger partial charge in [0, 0.05) is 22.9 Å². The fraction of sp³-hybridized carbons (Fsp3) is 0.100. The molecular formula is C20H20N4O5S. The highest BCUT2D eigenvalue weighted by Gasteiger charge is 2.20. The number of rotatable bonds is 6. The Bertz CT molecular complexity index is 1180. The number of hydroxylamine groups is 2. The third-order valence-electron chi connectivity index (χ3n) is 4.38. The summed E-state index contributed by atoms with van der Waals surface area (Å²) in [6, 6.07) is 13.9. The van der Waals surface area contributed by atoms with Crippen molar-refractivity contribution in [3.05, 3.63) is 66.4 Å². The molecule has 0 saturated carbocycles. The van der Waals surface area contributed by atoms with E-state index in [2.05, 4.69) is 4.98 Å². The molecule has 2 amide bonds. The van der Waals surface area contributed by atoms with E-state index in [0.29, 0.717) is 38.8 Å². The van der Waals surface area contributed by atoms with Crippen molar-refractivity contribution >= 4 is 16.1 Å². The van der Waals surface area contributed by atoms with Crippen LogP contribution >= 0.6 is 0 Å². The van der Waals surface area contributed by atoms with E-state index in [-0.39, 0.29) is 11.4 Å². The minimum atomic E-state index is -4.02. The summed E-state index contributed by atoms with van der Waals surface area (Å²) in [5.74, 6) is 0.652. The zero-order valence-corrected chi connectivity index (χ0v) is 16.8. The van der Waals surface area contributed by atoms with Gasteiger partial charge in [0.1, 0.15) is 5.75 Å². The van der Waals surface area contributed by atoms with Crippen molar-refractivity contribution in [3.8, 4) is 28.1 Å². The fourth-order valence-electron chi connectivity index (χ4n) is 2.97. The number of hydrogen-bond acceptors (Lipinski definition) is 6. The molecule has 2 aromatic carbocycles. The predicted octanol–water partition coefficient (Wildman–Crippen LogP) is 2.34. The third kappa shape index (κ3) is 4.57. The molecule has 156 valence electrons. The Morgan fingerprint density at radius 2 is 1.80 bits per heavy atom. The molecule has 9 nitrogen and oxygen atoms in total. The summed E-state index contributed by atoms with van der Waals surface area (Å²) in [6.07, 6.45) is 1.47. The summed E-state index contributed by atoms with van der Waals surface area (Å²) < 4.78 is 29.5. The van der Waals surface area contributed by atoms with Crippen LogP contribution in [0.15, 0.2) is 65.7 Å². The maximum absolute atomic E-state index is 12.1. The van der Waals surface area contributed by atoms with Crippen LogP contribution in [-0.4, -0.2) is 36.8 Å². The van der Waals surface area contributed by atoms with Gasteiger partial charge in [-0.05, 0) is 42.0 Å². The highest BCUT2D eigenvalue weighted by Crippen LogP contribution is 2.35. The Morgan fingerprint density at radius 1 is 1.13 bits per heavy atom. The number of primary sulfonamides is 1. The van der Waals surface area contributed by atoms with Crippen molar-refractivity contribution < 1.29 is 23.2 Å². The van der Waals surface area contributed by atoms with E-state index in [1.807, 2.05) is 0 Å². The number of urea groups is 1. The normalized spacial score (nSPS) is 11.2. The van der Waals surface area contributed by atoms with Gasteiger partial charge in [-0.2, -0.15) is 0 Å². The Hall–Kier alpha value is -3.47. The second kappa shape index (κ2) is 8.49. The van der Waals surface area contributed by atoms with Gasteiger partial charge in [0.2, 0.25) is 10.0 Å². The van der Waals surface area contributed by atoms with Crippen LogP contribution in [-0.2, 0) is 16.6 Å². The van der Waals surface area contributed by atoms with Gasteiger partial charge in [0.15, 0.2) is 0 Å². The number of nitrogens with zero attached hydrogens (tertiary/aromatic N) is 2. The lowest BCUT2D eigenvalue weighted by molar-refractivity contribution is -0.0471. The molecular weight excluding hydrogens is 408 g/mol. The minimum Gasteiger partial charge on any atom is -0.497 e. The monoisotopic (exact) mass is 428 g/mol. The van der Waals surface area contributed by atoms with E-state index in [1.54, 1.807) is 55.6 Å². The van der Waals surface area contributed by atoms with Crippen LogP contribution in [0.4, 0.5) is 4.79 Å². The molecule has 0 unspecified atom stereocenters. The lowest BCUT2D eigenvalue weighted by Crippen LogP contribution is -2.32. The second-order valence-corrected chi connectivity index (χ2v) is 7.94. The summed E-state index contributed by atoms with van der Waals surface area (Å²) in [7, 11) is -2.47. The molecule has 1 heterocycles. The lowest BCUT2D eigenvalue weighted by Gasteiger charge is -2.16. The van der Waals surface area contributed by atoms with Gasteiger partial charge in [-0.3, -0.25) is 10.2 Å². The second-order valence-electron chi connectivity index (χ2n) is 6.41. The number of carbonyl (C=O) groups excluding carboxylic acids is 1. The predicted molar refractivity (Wildman–Crippen MR) is 110 cm³/mol. The molecule has 0 spiro atoms. The molecule has 3 aromatic rings. The molecule has 0 radical (unpaired) electrons. The largest absolute Gasteiger partial charge is 0.497 e. The van der Waals surface area contributed by atoms with Crippen molar-refractivity contribution in [2.75, 3.05) is 7.11 Å². The highest BCUT2D eigenvalue weighted by atomic mass is 32.2. The van der Waals surface area contributed by atoms with Crippen LogP contribution in [0.2, 0.25) is 0 Å². The van der Waals surface area contributed by atoms with E-state index in [9.17, 15) is 18.4 Å². The van der Waals surface area contributed by atoms with Crippen molar-refractivity contribution in [2.24, 2.45) is 10.9 Å². The molecule has 0 aliphatic carbocycles. The van der Waals surface area contributed by atoms with Crippen molar-refractivity contribution in [2.45, 2.75) is 11.4 Å². The van der Waals surface area contributed by atoms with E-state index in [0.717, 1.165) is 0 Å². The molecule has 0 bridgehead atoms. The smallest absolute Gasteiger partial charge is 0.338 e. The van der Waals surface area contributed by atoms with Gasteiger partial charge in [0.05, 0.1) is 24.2 Å². The van der Waals surface area contributed by atoms with Crippen molar-refractivity contribution in [1.82, 2.24) is 10.0 Å². The number of primary amides is 1. The van der Waals surface area contributed by atoms with Gasteiger partial charge in [0.25, 0.3) is 0 Å². The molecule has 1 aromatic heterocycles. The van der Waals surface area contributed by atoms with Gasteiger partial charge in [-0.25, -0.2) is 23.4 Å². The molecule has 3 rings (SSSR count). The van der Waals surface area contributed by atoms with Gasteiger partial charge >= 0.3 is 6.03 Å². The maximum Gasteiger partial charge on any atom is 0.338 e. The number of ether oxygens (including phenoxy) is 1. The molecule has 0 fully saturated rings. The van der Waals surface area contributed by atoms with E-state index >= 15 is 0 Å². The topological polar surface area (TPSA) is 149 Å². The molecule has 0 atom stereocenters. The van der Waals surface area contributed by atoms with Crippen LogP contribution in [0.3, 0.4) is 0 Å². The number of carbonyl (C=O) groups is 1. The molecule has 0 saturated heterocycles. The number of methoxy groups -OCH3 is 1. The number of nitrogens with two attached hydrogens (primary N) is 2. The summed E-state index contributed by atoms with van der Waals surface area (Å²) in [5, 5.41) is 15.4. The van der Waals surface area contributed by atoms with Gasteiger partial charge in [-0.1, -0.05) is 18.2 Å². The Balaban J connectivity index is 2.22. The maximum atomic E-state index is 12.1. The zero-order valence-electron chi connectivity index (χ0n) is 16.0. The van der Waals surface area contributed by atoms with Gasteiger partial charge < -0.3 is 10.5 Å². The Labute approximate surface area is 173 Å². The summed E-state index contributed by atoms with van der Waals surface area (Å²) in [4.78, 5) is 15.5. The SMILES string of the molecule is COc1ccc(-c2ncc(CN(O)C(N)=O)cc2-c2ccccc2S(N)(=O)=O)cc1. The quantitative estimate of drug-likeness (QED) is 0.405. The number of benzene rings is 2. The van der Waals surface area contributed by atoms with E-state index < -0.39 is 16.1 Å². The van der Waals surface area contributed by atoms with Crippen LogP contribution in [0, 0.1) is 0 Å². The zero-order chi connectivity index (χ0) is 21.9. The van der Waals surface area contributed by atoms with Crippen LogP contribution in [0.5, 0.6) is 5.75 Å². The standard InChI is InChI=1S/C20H20N4O5S/c1-29-15-8-6-14(7-9-15)19-17(10-13(11-23-19)12-24(26)20(21)25)16-4-2-3-5-18(16)30(22,27)28/h2-11,26H,12H2,1H3,(H2,21,25)(H2,22,27,28). The van der Waals surface area contributed by atoms with Crippen LogP contribution in [0.1, 0.15) is 5.56 Å². The Kier molecular flexibility index (Phi) is 6.01. The minimum absolute atomic E-state index is 0.0746. The average molecular weight is 428 g/mol. The van der Waals surface area contributed by atoms with Gasteiger partial charge in [-0.15, -0.1) is 0 Å². The first-order valence-electron chi connectivity index (χ1n) is 8.72. The number of sulfonamides is 1. The first kappa shape index (κ1) is 21.2. The average Bonchev–Trinajstić information content (AvgIpc) is 2.73. The number of aromatic nitrogens is 1. The number of amides is 2. The number of hydrogen-bond donors (Lipinski definition) is 3. The van der Waals surface area contributed by atoms with Crippen LogP contribution in [0.25, 0.3) is 22.4 Å². The fourth-order valence-corrected chi connectivity index (χ4v) is 3.72.